The van der Waals surface area contributed by atoms with E-state index in [2.05, 4.69) is 25.6 Å². The van der Waals surface area contributed by atoms with Crippen LogP contribution in [-0.4, -0.2) is 31.8 Å². The second kappa shape index (κ2) is 8.22. The van der Waals surface area contributed by atoms with E-state index in [9.17, 15) is 14.0 Å². The van der Waals surface area contributed by atoms with Crippen molar-refractivity contribution in [2.24, 2.45) is 0 Å². The number of urea groups is 1. The molecule has 164 valence electrons. The number of nitrogen functional groups attached to an aromatic ring is 1. The van der Waals surface area contributed by atoms with Gasteiger partial charge in [0.2, 0.25) is 11.9 Å². The molecule has 0 saturated carbocycles. The van der Waals surface area contributed by atoms with E-state index in [1.165, 1.54) is 24.3 Å². The molecule has 0 radical (unpaired) electrons. The number of anilines is 3. The summed E-state index contributed by atoms with van der Waals surface area (Å²) in [5.41, 5.74) is 6.82. The highest BCUT2D eigenvalue weighted by atomic mass is 19.1. The van der Waals surface area contributed by atoms with Crippen molar-refractivity contribution >= 4 is 29.5 Å². The first kappa shape index (κ1) is 21.2. The number of halogens is 1. The minimum atomic E-state index is -1.29. The first-order valence-electron chi connectivity index (χ1n) is 10.1. The van der Waals surface area contributed by atoms with Crippen molar-refractivity contribution < 1.29 is 14.0 Å². The van der Waals surface area contributed by atoms with Crippen LogP contribution in [0.2, 0.25) is 0 Å². The molecular weight excluding hydrogens is 413 g/mol. The van der Waals surface area contributed by atoms with Crippen LogP contribution in [0.3, 0.4) is 0 Å². The molecule has 1 atom stereocenters. The van der Waals surface area contributed by atoms with E-state index in [4.69, 9.17) is 5.73 Å². The summed E-state index contributed by atoms with van der Waals surface area (Å²) in [6, 6.07) is 12.5. The Labute approximate surface area is 183 Å². The molecule has 1 aliphatic heterocycles. The lowest BCUT2D eigenvalue weighted by molar-refractivity contribution is -0.132. The predicted molar refractivity (Wildman–Crippen MR) is 116 cm³/mol. The summed E-state index contributed by atoms with van der Waals surface area (Å²) in [6.45, 7) is 3.51. The lowest BCUT2D eigenvalue weighted by Gasteiger charge is -2.25. The van der Waals surface area contributed by atoms with Gasteiger partial charge in [-0.2, -0.15) is 15.0 Å². The molecule has 3 amide bonds. The standard InChI is InChI=1S/C22H22FN7O2/c1-3-22(14-8-10-15(23)11-9-14)18(31)30(21(32)29-22)12-17-26-19(24)28-20(27-17)25-16-7-5-4-6-13(16)2/h4-11H,3,12H2,1-2H3,(H,29,32)(H3,24,25,26,27,28). The maximum Gasteiger partial charge on any atom is 0.325 e. The van der Waals surface area contributed by atoms with Crippen LogP contribution in [-0.2, 0) is 16.9 Å². The first-order chi connectivity index (χ1) is 15.3. The third kappa shape index (κ3) is 3.82. The number of para-hydroxylation sites is 1. The summed E-state index contributed by atoms with van der Waals surface area (Å²) >= 11 is 0. The van der Waals surface area contributed by atoms with Crippen LogP contribution < -0.4 is 16.4 Å². The van der Waals surface area contributed by atoms with Gasteiger partial charge >= 0.3 is 6.03 Å². The molecular formula is C22H22FN7O2. The predicted octanol–water partition coefficient (Wildman–Crippen LogP) is 3.00. The van der Waals surface area contributed by atoms with Crippen LogP contribution >= 0.6 is 0 Å². The number of carbonyl (C=O) groups excluding carboxylic acids is 2. The number of aromatic nitrogens is 3. The molecule has 2 aromatic carbocycles. The molecule has 0 bridgehead atoms. The van der Waals surface area contributed by atoms with Gasteiger partial charge < -0.3 is 16.4 Å². The molecule has 1 aromatic heterocycles. The molecule has 10 heteroatoms. The van der Waals surface area contributed by atoms with E-state index < -0.39 is 23.3 Å². The Balaban J connectivity index is 1.61. The van der Waals surface area contributed by atoms with E-state index in [0.717, 1.165) is 16.2 Å². The number of hydrogen-bond acceptors (Lipinski definition) is 7. The largest absolute Gasteiger partial charge is 0.368 e. The number of nitrogens with one attached hydrogen (secondary N) is 2. The Hall–Kier alpha value is -4.08. The van der Waals surface area contributed by atoms with Gasteiger partial charge in [0.1, 0.15) is 11.4 Å². The maximum absolute atomic E-state index is 13.4. The molecule has 32 heavy (non-hydrogen) atoms. The maximum atomic E-state index is 13.4. The lowest BCUT2D eigenvalue weighted by atomic mass is 9.87. The molecule has 1 unspecified atom stereocenters. The summed E-state index contributed by atoms with van der Waals surface area (Å²) < 4.78 is 13.4. The Morgan fingerprint density at radius 1 is 1.09 bits per heavy atom. The van der Waals surface area contributed by atoms with Crippen LogP contribution in [0.15, 0.2) is 48.5 Å². The molecule has 1 saturated heterocycles. The lowest BCUT2D eigenvalue weighted by Crippen LogP contribution is -2.43. The quantitative estimate of drug-likeness (QED) is 0.508. The van der Waals surface area contributed by atoms with Gasteiger partial charge in [-0.25, -0.2) is 9.18 Å². The van der Waals surface area contributed by atoms with E-state index in [1.54, 1.807) is 6.92 Å². The van der Waals surface area contributed by atoms with Crippen LogP contribution in [0.25, 0.3) is 0 Å². The second-order valence-corrected chi connectivity index (χ2v) is 7.46. The van der Waals surface area contributed by atoms with Gasteiger partial charge in [-0.05, 0) is 42.7 Å². The highest BCUT2D eigenvalue weighted by Gasteiger charge is 2.51. The van der Waals surface area contributed by atoms with Crippen molar-refractivity contribution in [1.82, 2.24) is 25.2 Å². The van der Waals surface area contributed by atoms with Crippen molar-refractivity contribution in [3.05, 3.63) is 71.3 Å². The minimum Gasteiger partial charge on any atom is -0.368 e. The van der Waals surface area contributed by atoms with Crippen molar-refractivity contribution in [1.29, 1.82) is 0 Å². The monoisotopic (exact) mass is 435 g/mol. The van der Waals surface area contributed by atoms with Crippen molar-refractivity contribution in [2.45, 2.75) is 32.4 Å². The van der Waals surface area contributed by atoms with Gasteiger partial charge in [-0.1, -0.05) is 37.3 Å². The van der Waals surface area contributed by atoms with Crippen LogP contribution in [0.1, 0.15) is 30.3 Å². The summed E-state index contributed by atoms with van der Waals surface area (Å²) in [5.74, 6) is -0.581. The summed E-state index contributed by atoms with van der Waals surface area (Å²) in [5, 5.41) is 5.82. The molecule has 1 fully saturated rings. The summed E-state index contributed by atoms with van der Waals surface area (Å²) in [4.78, 5) is 39.5. The number of amides is 3. The average molecular weight is 435 g/mol. The number of benzene rings is 2. The van der Waals surface area contributed by atoms with Gasteiger partial charge in [0.05, 0.1) is 6.54 Å². The van der Waals surface area contributed by atoms with Crippen LogP contribution in [0, 0.1) is 12.7 Å². The zero-order valence-electron chi connectivity index (χ0n) is 17.6. The normalized spacial score (nSPS) is 18.0. The van der Waals surface area contributed by atoms with Crippen molar-refractivity contribution in [2.75, 3.05) is 11.1 Å². The topological polar surface area (TPSA) is 126 Å². The van der Waals surface area contributed by atoms with Crippen LogP contribution in [0.4, 0.5) is 26.8 Å². The zero-order chi connectivity index (χ0) is 22.9. The van der Waals surface area contributed by atoms with Gasteiger partial charge in [0, 0.05) is 5.69 Å². The van der Waals surface area contributed by atoms with Crippen molar-refractivity contribution in [3.8, 4) is 0 Å². The van der Waals surface area contributed by atoms with Crippen molar-refractivity contribution in [3.63, 3.8) is 0 Å². The highest BCUT2D eigenvalue weighted by molar-refractivity contribution is 6.07. The Kier molecular flexibility index (Phi) is 5.43. The molecule has 0 aliphatic carbocycles. The van der Waals surface area contributed by atoms with Gasteiger partial charge in [0.25, 0.3) is 5.91 Å². The Bertz CT molecular complexity index is 1190. The van der Waals surface area contributed by atoms with Gasteiger partial charge in [0.15, 0.2) is 5.82 Å². The third-order valence-corrected chi connectivity index (χ3v) is 5.43. The smallest absolute Gasteiger partial charge is 0.325 e. The molecule has 4 N–H and O–H groups in total. The third-order valence-electron chi connectivity index (χ3n) is 5.43. The SMILES string of the molecule is CCC1(c2ccc(F)cc2)NC(=O)N(Cc2nc(N)nc(Nc3ccccc3C)n2)C1=O. The molecule has 0 spiro atoms. The second-order valence-electron chi connectivity index (χ2n) is 7.46. The molecule has 2 heterocycles. The van der Waals surface area contributed by atoms with Gasteiger partial charge in [-0.15, -0.1) is 0 Å². The molecule has 9 nitrogen and oxygen atoms in total. The number of imide groups is 1. The molecule has 3 aromatic rings. The number of rotatable bonds is 6. The van der Waals surface area contributed by atoms with E-state index >= 15 is 0 Å². The van der Waals surface area contributed by atoms with E-state index in [0.29, 0.717) is 12.0 Å². The number of carbonyl (C=O) groups is 2. The van der Waals surface area contributed by atoms with E-state index in [1.807, 2.05) is 31.2 Å². The molecule has 1 aliphatic rings. The first-order valence-corrected chi connectivity index (χ1v) is 10.1. The fourth-order valence-electron chi connectivity index (χ4n) is 3.68. The highest BCUT2D eigenvalue weighted by Crippen LogP contribution is 2.33. The minimum absolute atomic E-state index is 0.0431. The Morgan fingerprint density at radius 3 is 2.50 bits per heavy atom. The van der Waals surface area contributed by atoms with Crippen LogP contribution in [0.5, 0.6) is 0 Å². The fourth-order valence-corrected chi connectivity index (χ4v) is 3.68. The average Bonchev–Trinajstić information content (AvgIpc) is 3.00. The number of nitrogens with two attached hydrogens (primary N) is 1. The zero-order valence-corrected chi connectivity index (χ0v) is 17.6. The number of hydrogen-bond donors (Lipinski definition) is 3. The molecule has 4 rings (SSSR count). The van der Waals surface area contributed by atoms with E-state index in [-0.39, 0.29) is 24.3 Å². The Morgan fingerprint density at radius 2 is 1.81 bits per heavy atom. The number of nitrogens with zero attached hydrogens (tertiary/aromatic N) is 4. The summed E-state index contributed by atoms with van der Waals surface area (Å²) in [6.07, 6.45) is 0.291. The van der Waals surface area contributed by atoms with Gasteiger partial charge in [-0.3, -0.25) is 9.69 Å². The summed E-state index contributed by atoms with van der Waals surface area (Å²) in [7, 11) is 0. The number of aryl methyl sites for hydroxylation is 1. The fraction of sp³-hybridized carbons (Fsp3) is 0.227.